The first-order chi connectivity index (χ1) is 13.9. The van der Waals surface area contributed by atoms with Gasteiger partial charge in [-0.25, -0.2) is 18.6 Å². The van der Waals surface area contributed by atoms with Crippen LogP contribution in [0.25, 0.3) is 0 Å². The van der Waals surface area contributed by atoms with Gasteiger partial charge in [-0.15, -0.1) is 11.3 Å². The average molecular weight is 418 g/mol. The first-order valence-corrected chi connectivity index (χ1v) is 9.29. The Morgan fingerprint density at radius 1 is 1.17 bits per heavy atom. The topological polar surface area (TPSA) is 68.7 Å². The molecule has 3 rings (SSSR count). The standard InChI is InChI=1S/C20H16F2N2O4S/c1-12(25)24(17-5-3-4-6-18(17)27-2)20-23-14(11-29-20)10-28-19(26)15-8-7-13(21)9-16(15)22/h3-9,11H,10H2,1-2H3. The lowest BCUT2D eigenvalue weighted by atomic mass is 10.2. The molecule has 0 unspecified atom stereocenters. The van der Waals surface area contributed by atoms with Crippen molar-refractivity contribution in [2.24, 2.45) is 0 Å². The van der Waals surface area contributed by atoms with Gasteiger partial charge in [0.2, 0.25) is 5.91 Å². The van der Waals surface area contributed by atoms with E-state index in [9.17, 15) is 18.4 Å². The molecule has 3 aromatic rings. The minimum atomic E-state index is -1.01. The number of methoxy groups -OCH3 is 1. The third kappa shape index (κ3) is 4.57. The summed E-state index contributed by atoms with van der Waals surface area (Å²) in [6, 6.07) is 9.58. The number of para-hydroxylation sites is 2. The van der Waals surface area contributed by atoms with Crippen LogP contribution in [-0.2, 0) is 16.1 Å². The normalized spacial score (nSPS) is 10.5. The molecule has 0 radical (unpaired) electrons. The minimum Gasteiger partial charge on any atom is -0.495 e. The van der Waals surface area contributed by atoms with Gasteiger partial charge >= 0.3 is 5.97 Å². The molecule has 29 heavy (non-hydrogen) atoms. The number of amides is 1. The number of hydrogen-bond donors (Lipinski definition) is 0. The molecule has 0 aliphatic carbocycles. The number of esters is 1. The molecule has 6 nitrogen and oxygen atoms in total. The van der Waals surface area contributed by atoms with Crippen LogP contribution in [0.2, 0.25) is 0 Å². The molecule has 1 aromatic heterocycles. The summed E-state index contributed by atoms with van der Waals surface area (Å²) in [5, 5.41) is 1.98. The zero-order chi connectivity index (χ0) is 21.0. The van der Waals surface area contributed by atoms with E-state index in [0.717, 1.165) is 12.1 Å². The van der Waals surface area contributed by atoms with Gasteiger partial charge in [0.25, 0.3) is 0 Å². The predicted octanol–water partition coefficient (Wildman–Crippen LogP) is 4.47. The van der Waals surface area contributed by atoms with Crippen LogP contribution in [0.3, 0.4) is 0 Å². The predicted molar refractivity (Wildman–Crippen MR) is 103 cm³/mol. The van der Waals surface area contributed by atoms with Crippen molar-refractivity contribution in [2.45, 2.75) is 13.5 Å². The van der Waals surface area contributed by atoms with Crippen LogP contribution in [0.15, 0.2) is 47.8 Å². The Balaban J connectivity index is 1.77. The Kier molecular flexibility index (Phi) is 6.18. The minimum absolute atomic E-state index is 0.232. The van der Waals surface area contributed by atoms with E-state index in [2.05, 4.69) is 4.98 Å². The van der Waals surface area contributed by atoms with Crippen LogP contribution in [0, 0.1) is 11.6 Å². The quantitative estimate of drug-likeness (QED) is 0.553. The van der Waals surface area contributed by atoms with Crippen LogP contribution in [0.4, 0.5) is 19.6 Å². The van der Waals surface area contributed by atoms with Gasteiger partial charge in [0, 0.05) is 18.4 Å². The molecule has 0 atom stereocenters. The van der Waals surface area contributed by atoms with Crippen molar-refractivity contribution < 1.29 is 27.8 Å². The number of benzene rings is 2. The summed E-state index contributed by atoms with van der Waals surface area (Å²) in [7, 11) is 1.50. The maximum absolute atomic E-state index is 13.7. The number of hydrogen-bond acceptors (Lipinski definition) is 6. The number of anilines is 2. The van der Waals surface area contributed by atoms with Gasteiger partial charge < -0.3 is 9.47 Å². The Hall–Kier alpha value is -3.33. The smallest absolute Gasteiger partial charge is 0.341 e. The van der Waals surface area contributed by atoms with E-state index >= 15 is 0 Å². The summed E-state index contributed by atoms with van der Waals surface area (Å²) < 4.78 is 37.0. The molecule has 0 aliphatic rings. The fourth-order valence-corrected chi connectivity index (χ4v) is 3.42. The first kappa shape index (κ1) is 20.4. The second kappa shape index (κ2) is 8.78. The zero-order valence-corrected chi connectivity index (χ0v) is 16.3. The molecule has 2 aromatic carbocycles. The highest BCUT2D eigenvalue weighted by atomic mass is 32.1. The number of thiazole rings is 1. The van der Waals surface area contributed by atoms with Crippen LogP contribution in [0.5, 0.6) is 5.75 Å². The second-order valence-electron chi connectivity index (χ2n) is 5.85. The van der Waals surface area contributed by atoms with Crippen molar-refractivity contribution in [1.29, 1.82) is 0 Å². The van der Waals surface area contributed by atoms with E-state index in [-0.39, 0.29) is 18.1 Å². The number of rotatable bonds is 6. The van der Waals surface area contributed by atoms with Gasteiger partial charge in [0.1, 0.15) is 24.0 Å². The highest BCUT2D eigenvalue weighted by Gasteiger charge is 2.22. The van der Waals surface area contributed by atoms with Gasteiger partial charge in [0.15, 0.2) is 5.13 Å². The lowest BCUT2D eigenvalue weighted by Crippen LogP contribution is -2.23. The molecule has 0 spiro atoms. The van der Waals surface area contributed by atoms with Crippen LogP contribution < -0.4 is 9.64 Å². The van der Waals surface area contributed by atoms with E-state index in [0.29, 0.717) is 28.3 Å². The molecular weight excluding hydrogens is 402 g/mol. The molecule has 0 bridgehead atoms. The third-order valence-electron chi connectivity index (χ3n) is 3.87. The van der Waals surface area contributed by atoms with Crippen molar-refractivity contribution in [3.8, 4) is 5.75 Å². The Labute approximate surface area is 169 Å². The van der Waals surface area contributed by atoms with Crippen molar-refractivity contribution in [3.05, 3.63) is 70.7 Å². The van der Waals surface area contributed by atoms with Crippen LogP contribution >= 0.6 is 11.3 Å². The average Bonchev–Trinajstić information content (AvgIpc) is 3.15. The van der Waals surface area contributed by atoms with E-state index in [1.165, 1.54) is 30.3 Å². The molecule has 1 heterocycles. The number of halogens is 2. The molecule has 0 saturated heterocycles. The van der Waals surface area contributed by atoms with Crippen molar-refractivity contribution >= 4 is 34.0 Å². The molecular formula is C20H16F2N2O4S. The first-order valence-electron chi connectivity index (χ1n) is 8.41. The molecule has 0 saturated carbocycles. The largest absolute Gasteiger partial charge is 0.495 e. The van der Waals surface area contributed by atoms with Gasteiger partial charge in [0.05, 0.1) is 24.1 Å². The van der Waals surface area contributed by atoms with E-state index < -0.39 is 17.6 Å². The summed E-state index contributed by atoms with van der Waals surface area (Å²) in [5.41, 5.74) is 0.525. The third-order valence-corrected chi connectivity index (χ3v) is 4.75. The van der Waals surface area contributed by atoms with E-state index in [4.69, 9.17) is 9.47 Å². The Morgan fingerprint density at radius 3 is 2.62 bits per heavy atom. The molecule has 0 aliphatic heterocycles. The van der Waals surface area contributed by atoms with Crippen molar-refractivity contribution in [3.63, 3.8) is 0 Å². The Morgan fingerprint density at radius 2 is 1.93 bits per heavy atom. The van der Waals surface area contributed by atoms with Gasteiger partial charge in [-0.1, -0.05) is 12.1 Å². The highest BCUT2D eigenvalue weighted by molar-refractivity contribution is 7.14. The maximum Gasteiger partial charge on any atom is 0.341 e. The molecule has 9 heteroatoms. The van der Waals surface area contributed by atoms with E-state index in [1.54, 1.807) is 29.6 Å². The number of carbonyl (C=O) groups excluding carboxylic acids is 2. The number of ether oxygens (including phenoxy) is 2. The summed E-state index contributed by atoms with van der Waals surface area (Å²) >= 11 is 1.18. The highest BCUT2D eigenvalue weighted by Crippen LogP contribution is 2.35. The lowest BCUT2D eigenvalue weighted by Gasteiger charge is -2.20. The fraction of sp³-hybridized carbons (Fsp3) is 0.150. The molecule has 0 fully saturated rings. The van der Waals surface area contributed by atoms with Gasteiger partial charge in [-0.3, -0.25) is 9.69 Å². The monoisotopic (exact) mass is 418 g/mol. The number of carbonyl (C=O) groups is 2. The number of nitrogens with zero attached hydrogens (tertiary/aromatic N) is 2. The number of aromatic nitrogens is 1. The SMILES string of the molecule is COc1ccccc1N(C(C)=O)c1nc(COC(=O)c2ccc(F)cc2F)cs1. The lowest BCUT2D eigenvalue weighted by molar-refractivity contribution is -0.115. The Bertz CT molecular complexity index is 1050. The van der Waals surface area contributed by atoms with E-state index in [1.807, 2.05) is 0 Å². The van der Waals surface area contributed by atoms with Gasteiger partial charge in [-0.2, -0.15) is 0 Å². The molecule has 1 amide bonds. The fourth-order valence-electron chi connectivity index (χ4n) is 2.56. The maximum atomic E-state index is 13.7. The molecule has 150 valence electrons. The van der Waals surface area contributed by atoms with Crippen molar-refractivity contribution in [1.82, 2.24) is 4.98 Å². The van der Waals surface area contributed by atoms with Gasteiger partial charge in [-0.05, 0) is 24.3 Å². The zero-order valence-electron chi connectivity index (χ0n) is 15.5. The van der Waals surface area contributed by atoms with Crippen molar-refractivity contribution in [2.75, 3.05) is 12.0 Å². The molecule has 0 N–H and O–H groups in total. The van der Waals surface area contributed by atoms with Crippen LogP contribution in [0.1, 0.15) is 23.0 Å². The van der Waals surface area contributed by atoms with Crippen LogP contribution in [-0.4, -0.2) is 24.0 Å². The second-order valence-corrected chi connectivity index (χ2v) is 6.68. The summed E-state index contributed by atoms with van der Waals surface area (Å²) in [5.74, 6) is -2.51. The summed E-state index contributed by atoms with van der Waals surface area (Å²) in [6.45, 7) is 1.16. The summed E-state index contributed by atoms with van der Waals surface area (Å²) in [6.07, 6.45) is 0. The summed E-state index contributed by atoms with van der Waals surface area (Å²) in [4.78, 5) is 29.9.